The predicted octanol–water partition coefficient (Wildman–Crippen LogP) is 4.83. The zero-order valence-electron chi connectivity index (χ0n) is 34.0. The number of anilines is 1. The van der Waals surface area contributed by atoms with Crippen LogP contribution in [0.5, 0.6) is 5.75 Å². The Hall–Kier alpha value is -2.65. The first-order valence-corrected chi connectivity index (χ1v) is 24.7. The zero-order chi connectivity index (χ0) is 40.3. The summed E-state index contributed by atoms with van der Waals surface area (Å²) in [6, 6.07) is 12.0. The van der Waals surface area contributed by atoms with Crippen molar-refractivity contribution in [3.8, 4) is 5.75 Å². The molecule has 0 radical (unpaired) electrons. The van der Waals surface area contributed by atoms with E-state index in [-0.39, 0.29) is 28.5 Å². The second kappa shape index (κ2) is 15.7. The molecule has 8 atom stereocenters. The smallest absolute Gasteiger partial charge is 0.262 e. The Morgan fingerprint density at radius 1 is 1.07 bits per heavy atom. The summed E-state index contributed by atoms with van der Waals surface area (Å²) in [5.41, 5.74) is 2.99. The van der Waals surface area contributed by atoms with Crippen LogP contribution in [0.15, 0.2) is 48.6 Å². The number of allylic oxidation sites excluding steroid dienone is 1. The van der Waals surface area contributed by atoms with Crippen molar-refractivity contribution in [2.75, 3.05) is 83.8 Å². The number of piperazine rings is 2. The van der Waals surface area contributed by atoms with Gasteiger partial charge in [-0.05, 0) is 111 Å². The molecule has 3 fully saturated rings. The lowest BCUT2D eigenvalue weighted by molar-refractivity contribution is -0.101. The summed E-state index contributed by atoms with van der Waals surface area (Å²) < 4.78 is 57.2. The van der Waals surface area contributed by atoms with Crippen LogP contribution in [0.3, 0.4) is 0 Å². The van der Waals surface area contributed by atoms with E-state index in [1.807, 2.05) is 32.2 Å². The molecule has 4 aliphatic heterocycles. The van der Waals surface area contributed by atoms with Crippen molar-refractivity contribution in [3.05, 3.63) is 70.3 Å². The fourth-order valence-electron chi connectivity index (χ4n) is 10.7. The average molecular weight is 843 g/mol. The molecule has 4 heterocycles. The summed E-state index contributed by atoms with van der Waals surface area (Å²) in [4.78, 5) is 21.3. The van der Waals surface area contributed by atoms with Crippen molar-refractivity contribution in [3.63, 3.8) is 0 Å². The van der Waals surface area contributed by atoms with Crippen molar-refractivity contribution < 1.29 is 26.9 Å². The predicted molar refractivity (Wildman–Crippen MR) is 230 cm³/mol. The monoisotopic (exact) mass is 841 g/mol. The van der Waals surface area contributed by atoms with E-state index in [1.165, 1.54) is 17.4 Å². The lowest BCUT2D eigenvalue weighted by Gasteiger charge is -2.53. The number of ether oxygens (including phenoxy) is 2. The van der Waals surface area contributed by atoms with Gasteiger partial charge in [0.25, 0.3) is 5.91 Å². The Balaban J connectivity index is 1.17. The molecule has 8 rings (SSSR count). The molecule has 11 nitrogen and oxygen atoms in total. The third kappa shape index (κ3) is 8.03. The molecule has 2 aromatic rings. The minimum Gasteiger partial charge on any atom is -0.490 e. The number of nitrogens with zero attached hydrogens (tertiary/aromatic N) is 4. The van der Waals surface area contributed by atoms with Crippen molar-refractivity contribution in [2.45, 2.75) is 74.7 Å². The van der Waals surface area contributed by atoms with Crippen LogP contribution in [0.2, 0.25) is 5.02 Å². The number of rotatable bonds is 4. The van der Waals surface area contributed by atoms with Gasteiger partial charge in [0.1, 0.15) is 11.4 Å². The Labute approximate surface area is 345 Å². The molecule has 1 N–H and O–H groups in total. The molecule has 2 aliphatic carbocycles. The number of hydrogen-bond donors (Lipinski definition) is 1. The van der Waals surface area contributed by atoms with E-state index < -0.39 is 31.2 Å². The van der Waals surface area contributed by atoms with Gasteiger partial charge >= 0.3 is 0 Å². The van der Waals surface area contributed by atoms with Crippen molar-refractivity contribution in [1.29, 1.82) is 0 Å². The number of nitrogens with one attached hydrogen (secondary N) is 1. The number of methoxy groups -OCH3 is 1. The second-order valence-electron chi connectivity index (χ2n) is 17.9. The molecule has 6 aliphatic rings. The van der Waals surface area contributed by atoms with Crippen molar-refractivity contribution in [1.82, 2.24) is 18.8 Å². The number of carbonyl (C=O) groups excluding carboxylic acids is 1. The number of aryl methyl sites for hydroxylation is 1. The molecular weight excluding hydrogens is 782 g/mol. The highest BCUT2D eigenvalue weighted by molar-refractivity contribution is 7.99. The van der Waals surface area contributed by atoms with Crippen LogP contribution in [0.1, 0.15) is 67.4 Å². The van der Waals surface area contributed by atoms with Crippen LogP contribution < -0.4 is 14.4 Å². The van der Waals surface area contributed by atoms with Gasteiger partial charge in [0, 0.05) is 93.3 Å². The molecule has 14 heteroatoms. The number of amides is 1. The summed E-state index contributed by atoms with van der Waals surface area (Å²) in [5, 5.41) is 0.360. The number of sulfonamides is 1. The zero-order valence-corrected chi connectivity index (χ0v) is 36.3. The van der Waals surface area contributed by atoms with Crippen LogP contribution >= 0.6 is 11.6 Å². The number of fused-ring (bicyclic) bond motifs is 5. The third-order valence-electron chi connectivity index (χ3n) is 14.4. The standard InChI is InChI=1S/C43H60ClN5O6S2/c1-30-8-6-17-43(54-3,28-46-18-19-47-20-21-49(57(5,52)53)26-36(47)25-46)38-13-10-34(38)24-48-27-42(16-7-9-32-22-35(44)12-14-37(32)42)29-55-40-15-11-33(23-39(40)48)41(50)45-56(4,51)31(30)2/h6,11-12,14-15,17,22-23,30-31,34,36,38H,4,7-10,13,16,18-21,24-29H2,1-3,5H3,(H,45,50,51)/b17-6+/t30-,31+,34-,36+,38+,42-,43-,56?/m0/s1. The van der Waals surface area contributed by atoms with Gasteiger partial charge < -0.3 is 14.4 Å². The summed E-state index contributed by atoms with van der Waals surface area (Å²) in [5.74, 6) is 4.89. The number of carbonyl (C=O) groups is 1. The van der Waals surface area contributed by atoms with E-state index in [0.29, 0.717) is 44.1 Å². The minimum atomic E-state index is -3.27. The third-order valence-corrected chi connectivity index (χ3v) is 18.1. The highest BCUT2D eigenvalue weighted by atomic mass is 35.5. The minimum absolute atomic E-state index is 0.0284. The van der Waals surface area contributed by atoms with E-state index in [0.717, 1.165) is 87.8 Å². The maximum Gasteiger partial charge on any atom is 0.262 e. The van der Waals surface area contributed by atoms with Gasteiger partial charge in [-0.3, -0.25) is 19.3 Å². The second-order valence-corrected chi connectivity index (χ2v) is 22.7. The lowest BCUT2D eigenvalue weighted by atomic mass is 9.63. The molecule has 2 aromatic carbocycles. The molecule has 1 spiro atoms. The van der Waals surface area contributed by atoms with Crippen molar-refractivity contribution in [2.24, 2.45) is 17.8 Å². The normalized spacial score (nSPS) is 36.1. The Morgan fingerprint density at radius 3 is 2.63 bits per heavy atom. The first-order valence-electron chi connectivity index (χ1n) is 20.7. The van der Waals surface area contributed by atoms with Gasteiger partial charge in [0.15, 0.2) is 0 Å². The van der Waals surface area contributed by atoms with E-state index in [2.05, 4.69) is 56.5 Å². The number of halogens is 1. The van der Waals surface area contributed by atoms with E-state index in [4.69, 9.17) is 21.1 Å². The molecule has 2 bridgehead atoms. The van der Waals surface area contributed by atoms with Gasteiger partial charge in [-0.15, -0.1) is 0 Å². The molecular formula is C43H60ClN5O6S2. The maximum atomic E-state index is 14.1. The SMILES string of the molecule is C=S1(=O)NC(=O)c2ccc3c(c2)N(C[C@@H]2CC[C@H]2[C@](CN2CCN4CCN(S(C)(=O)=O)C[C@H]4C2)(OC)/C=C/C[C@H](C)[C@H]1C)C[C@@]1(CCCc2cc(Cl)ccc21)CO3. The highest BCUT2D eigenvalue weighted by Gasteiger charge is 2.50. The van der Waals surface area contributed by atoms with Crippen LogP contribution in [-0.2, 0) is 36.3 Å². The fourth-order valence-corrected chi connectivity index (χ4v) is 13.2. The van der Waals surface area contributed by atoms with E-state index >= 15 is 0 Å². The molecule has 1 saturated carbocycles. The lowest BCUT2D eigenvalue weighted by Crippen LogP contribution is -2.65. The summed E-state index contributed by atoms with van der Waals surface area (Å²) in [6.45, 7) is 11.0. The summed E-state index contributed by atoms with van der Waals surface area (Å²) in [6.07, 6.45) is 11.5. The Bertz CT molecular complexity index is 2120. The van der Waals surface area contributed by atoms with Crippen LogP contribution in [0.25, 0.3) is 0 Å². The van der Waals surface area contributed by atoms with Gasteiger partial charge in [0.05, 0.1) is 28.3 Å². The highest BCUT2D eigenvalue weighted by Crippen LogP contribution is 2.49. The largest absolute Gasteiger partial charge is 0.490 e. The first kappa shape index (κ1) is 41.1. The van der Waals surface area contributed by atoms with Gasteiger partial charge in [0.2, 0.25) is 10.0 Å². The number of hydrogen-bond acceptors (Lipinski definition) is 9. The van der Waals surface area contributed by atoms with Crippen LogP contribution in [0.4, 0.5) is 5.69 Å². The summed E-state index contributed by atoms with van der Waals surface area (Å²) in [7, 11) is -4.44. The van der Waals surface area contributed by atoms with E-state index in [1.54, 1.807) is 10.4 Å². The van der Waals surface area contributed by atoms with E-state index in [9.17, 15) is 17.4 Å². The van der Waals surface area contributed by atoms with Gasteiger partial charge in [-0.25, -0.2) is 12.6 Å². The molecule has 2 saturated heterocycles. The van der Waals surface area contributed by atoms with Crippen LogP contribution in [0, 0.1) is 17.8 Å². The first-order chi connectivity index (χ1) is 27.1. The molecule has 57 heavy (non-hydrogen) atoms. The Kier molecular flexibility index (Phi) is 11.4. The number of benzene rings is 2. The average Bonchev–Trinajstić information content (AvgIpc) is 3.31. The molecule has 0 aromatic heterocycles. The Morgan fingerprint density at radius 2 is 1.88 bits per heavy atom. The van der Waals surface area contributed by atoms with Gasteiger partial charge in [-0.2, -0.15) is 4.31 Å². The molecule has 1 unspecified atom stereocenters. The fraction of sp³-hybridized carbons (Fsp3) is 0.628. The van der Waals surface area contributed by atoms with Crippen LogP contribution in [-0.4, -0.2) is 134 Å². The molecule has 1 amide bonds. The summed E-state index contributed by atoms with van der Waals surface area (Å²) >= 11 is 6.53. The van der Waals surface area contributed by atoms with Gasteiger partial charge in [-0.1, -0.05) is 36.7 Å². The maximum absolute atomic E-state index is 14.1. The quantitative estimate of drug-likeness (QED) is 0.342. The topological polar surface area (TPSA) is 112 Å². The molecule has 312 valence electrons. The van der Waals surface area contributed by atoms with Crippen molar-refractivity contribution >= 4 is 48.8 Å².